The smallest absolute Gasteiger partial charge is 0.422 e. The zero-order valence-electron chi connectivity index (χ0n) is 8.08. The number of nitrogens with one attached hydrogen (secondary N) is 1. The number of rotatable bonds is 2. The number of carbonyl (C=O) groups is 1. The molecule has 1 aliphatic heterocycles. The van der Waals surface area contributed by atoms with Gasteiger partial charge in [-0.05, 0) is 6.42 Å². The molecule has 0 aromatic heterocycles. The van der Waals surface area contributed by atoms with Crippen molar-refractivity contribution in [3.8, 4) is 0 Å². The summed E-state index contributed by atoms with van der Waals surface area (Å²) in [5, 5.41) is 2.07. The molecule has 1 aliphatic rings. The highest BCUT2D eigenvalue weighted by molar-refractivity contribution is 7.91. The number of alkyl carbamates (subject to hydrolysis) is 1. The Labute approximate surface area is 89.9 Å². The lowest BCUT2D eigenvalue weighted by Crippen LogP contribution is -2.37. The maximum Gasteiger partial charge on any atom is 0.422 e. The second-order valence-corrected chi connectivity index (χ2v) is 5.66. The van der Waals surface area contributed by atoms with Crippen LogP contribution in [-0.2, 0) is 14.6 Å². The lowest BCUT2D eigenvalue weighted by molar-refractivity contribution is -0.160. The highest BCUT2D eigenvalue weighted by Gasteiger charge is 2.32. The van der Waals surface area contributed by atoms with Crippen LogP contribution in [0.5, 0.6) is 0 Å². The average molecular weight is 261 g/mol. The first-order valence-electron chi connectivity index (χ1n) is 4.38. The van der Waals surface area contributed by atoms with E-state index in [1.165, 1.54) is 0 Å². The minimum atomic E-state index is -4.58. The van der Waals surface area contributed by atoms with E-state index in [1.54, 1.807) is 0 Å². The number of hydrogen-bond acceptors (Lipinski definition) is 4. The van der Waals surface area contributed by atoms with Crippen LogP contribution in [0.1, 0.15) is 6.42 Å². The van der Waals surface area contributed by atoms with Crippen LogP contribution in [0.4, 0.5) is 18.0 Å². The van der Waals surface area contributed by atoms with Crippen molar-refractivity contribution in [1.29, 1.82) is 0 Å². The van der Waals surface area contributed by atoms with Crippen LogP contribution in [0.3, 0.4) is 0 Å². The van der Waals surface area contributed by atoms with Gasteiger partial charge in [-0.2, -0.15) is 13.2 Å². The zero-order valence-corrected chi connectivity index (χ0v) is 8.90. The summed E-state index contributed by atoms with van der Waals surface area (Å²) in [6.07, 6.45) is -5.64. The van der Waals surface area contributed by atoms with Gasteiger partial charge in [0.1, 0.15) is 0 Å². The standard InChI is InChI=1S/C7H10F3NO4S/c8-7(9,10)4-15-6(12)11-5-1-2-16(13,14)3-5/h5H,1-4H2,(H,11,12). The topological polar surface area (TPSA) is 72.5 Å². The van der Waals surface area contributed by atoms with E-state index in [2.05, 4.69) is 10.1 Å². The van der Waals surface area contributed by atoms with E-state index in [9.17, 15) is 26.4 Å². The van der Waals surface area contributed by atoms with Gasteiger partial charge in [0.2, 0.25) is 0 Å². The fraction of sp³-hybridized carbons (Fsp3) is 0.857. The molecule has 0 aromatic rings. The molecule has 0 aliphatic carbocycles. The predicted octanol–water partition coefficient (Wildman–Crippen LogP) is 0.462. The van der Waals surface area contributed by atoms with Gasteiger partial charge in [0, 0.05) is 6.04 Å². The Morgan fingerprint density at radius 3 is 2.50 bits per heavy atom. The second-order valence-electron chi connectivity index (χ2n) is 3.44. The van der Waals surface area contributed by atoms with Gasteiger partial charge in [0.15, 0.2) is 16.4 Å². The van der Waals surface area contributed by atoms with Gasteiger partial charge in [-0.3, -0.25) is 0 Å². The summed E-state index contributed by atoms with van der Waals surface area (Å²) in [6, 6.07) is -0.661. The van der Waals surface area contributed by atoms with Crippen LogP contribution in [-0.4, -0.2) is 44.8 Å². The minimum Gasteiger partial charge on any atom is -0.440 e. The fourth-order valence-electron chi connectivity index (χ4n) is 1.26. The Balaban J connectivity index is 2.31. The normalized spacial score (nSPS) is 24.1. The second kappa shape index (κ2) is 4.48. The van der Waals surface area contributed by atoms with E-state index in [-0.39, 0.29) is 17.9 Å². The SMILES string of the molecule is O=C(NC1CCS(=O)(=O)C1)OCC(F)(F)F. The number of hydrogen-bond donors (Lipinski definition) is 1. The molecule has 0 bridgehead atoms. The van der Waals surface area contributed by atoms with E-state index in [0.29, 0.717) is 0 Å². The largest absolute Gasteiger partial charge is 0.440 e. The molecule has 94 valence electrons. The van der Waals surface area contributed by atoms with Crippen molar-refractivity contribution < 1.29 is 31.1 Å². The molecule has 1 N–H and O–H groups in total. The number of ether oxygens (including phenoxy) is 1. The third-order valence-electron chi connectivity index (χ3n) is 1.92. The highest BCUT2D eigenvalue weighted by Crippen LogP contribution is 2.15. The summed E-state index contributed by atoms with van der Waals surface area (Å²) < 4.78 is 60.8. The van der Waals surface area contributed by atoms with Gasteiger partial charge in [-0.15, -0.1) is 0 Å². The predicted molar refractivity (Wildman–Crippen MR) is 47.6 cm³/mol. The van der Waals surface area contributed by atoms with Crippen molar-refractivity contribution in [1.82, 2.24) is 5.32 Å². The van der Waals surface area contributed by atoms with Crippen LogP contribution < -0.4 is 5.32 Å². The van der Waals surface area contributed by atoms with Gasteiger partial charge in [-0.25, -0.2) is 13.2 Å². The average Bonchev–Trinajstić information content (AvgIpc) is 2.41. The molecule has 16 heavy (non-hydrogen) atoms. The number of sulfone groups is 1. The van der Waals surface area contributed by atoms with Crippen molar-refractivity contribution in [3.63, 3.8) is 0 Å². The van der Waals surface area contributed by atoms with Crippen molar-refractivity contribution in [3.05, 3.63) is 0 Å². The molecular formula is C7H10F3NO4S. The Bertz CT molecular complexity index is 364. The molecule has 1 rings (SSSR count). The Morgan fingerprint density at radius 2 is 2.06 bits per heavy atom. The molecule has 5 nitrogen and oxygen atoms in total. The summed E-state index contributed by atoms with van der Waals surface area (Å²) in [4.78, 5) is 10.8. The molecule has 0 saturated carbocycles. The van der Waals surface area contributed by atoms with E-state index in [1.807, 2.05) is 0 Å². The van der Waals surface area contributed by atoms with E-state index in [4.69, 9.17) is 0 Å². The van der Waals surface area contributed by atoms with Crippen LogP contribution in [0, 0.1) is 0 Å². The van der Waals surface area contributed by atoms with Crippen molar-refractivity contribution in [2.24, 2.45) is 0 Å². The number of halogens is 3. The fourth-order valence-corrected chi connectivity index (χ4v) is 2.94. The number of carbonyl (C=O) groups excluding carboxylic acids is 1. The first-order valence-corrected chi connectivity index (χ1v) is 6.20. The molecule has 0 radical (unpaired) electrons. The Hall–Kier alpha value is -0.990. The van der Waals surface area contributed by atoms with Crippen LogP contribution in [0.2, 0.25) is 0 Å². The molecule has 1 saturated heterocycles. The monoisotopic (exact) mass is 261 g/mol. The molecule has 0 spiro atoms. The summed E-state index contributed by atoms with van der Waals surface area (Å²) in [6.45, 7) is -1.68. The third-order valence-corrected chi connectivity index (χ3v) is 3.69. The van der Waals surface area contributed by atoms with Gasteiger partial charge < -0.3 is 10.1 Å². The van der Waals surface area contributed by atoms with Gasteiger partial charge in [0.25, 0.3) is 0 Å². The van der Waals surface area contributed by atoms with Crippen LogP contribution in [0.25, 0.3) is 0 Å². The molecule has 1 fully saturated rings. The molecule has 0 aromatic carbocycles. The van der Waals surface area contributed by atoms with Crippen LogP contribution >= 0.6 is 0 Å². The summed E-state index contributed by atoms with van der Waals surface area (Å²) in [5.41, 5.74) is 0. The van der Waals surface area contributed by atoms with E-state index < -0.39 is 34.8 Å². The van der Waals surface area contributed by atoms with Crippen molar-refractivity contribution in [2.75, 3.05) is 18.1 Å². The minimum absolute atomic E-state index is 0.0722. The summed E-state index contributed by atoms with van der Waals surface area (Å²) >= 11 is 0. The molecule has 1 atom stereocenters. The first-order chi connectivity index (χ1) is 7.18. The first kappa shape index (κ1) is 13.1. The molecule has 9 heteroatoms. The van der Waals surface area contributed by atoms with Crippen LogP contribution in [0.15, 0.2) is 0 Å². The van der Waals surface area contributed by atoms with E-state index >= 15 is 0 Å². The molecule has 1 unspecified atom stereocenters. The van der Waals surface area contributed by atoms with E-state index in [0.717, 1.165) is 0 Å². The maximum atomic E-state index is 11.7. The Morgan fingerprint density at radius 1 is 1.44 bits per heavy atom. The van der Waals surface area contributed by atoms with Crippen molar-refractivity contribution in [2.45, 2.75) is 18.6 Å². The lowest BCUT2D eigenvalue weighted by atomic mass is 10.3. The Kier molecular flexibility index (Phi) is 3.66. The lowest BCUT2D eigenvalue weighted by Gasteiger charge is -2.12. The highest BCUT2D eigenvalue weighted by atomic mass is 32.2. The molecule has 1 heterocycles. The van der Waals surface area contributed by atoms with Gasteiger partial charge >= 0.3 is 12.3 Å². The maximum absolute atomic E-state index is 11.7. The third kappa shape index (κ3) is 4.69. The molecule has 1 amide bonds. The summed E-state index contributed by atoms with van der Waals surface area (Å²) in [5.74, 6) is -0.328. The number of alkyl halides is 3. The zero-order chi connectivity index (χ0) is 12.4. The number of amides is 1. The molecular weight excluding hydrogens is 251 g/mol. The van der Waals surface area contributed by atoms with Gasteiger partial charge in [-0.1, -0.05) is 0 Å². The quantitative estimate of drug-likeness (QED) is 0.784. The van der Waals surface area contributed by atoms with Gasteiger partial charge in [0.05, 0.1) is 11.5 Å². The summed E-state index contributed by atoms with van der Waals surface area (Å²) in [7, 11) is -3.18. The van der Waals surface area contributed by atoms with Crippen molar-refractivity contribution >= 4 is 15.9 Å².